The number of hydrogen-bond acceptors (Lipinski definition) is 3. The number of hydrogen-bond donors (Lipinski definition) is 2. The zero-order valence-corrected chi connectivity index (χ0v) is 8.32. The van der Waals surface area contributed by atoms with Gasteiger partial charge in [-0.15, -0.1) is 13.2 Å². The largest absolute Gasteiger partial charge is 0.573 e. The van der Waals surface area contributed by atoms with Gasteiger partial charge in [-0.05, 0) is 0 Å². The molecule has 10 heteroatoms. The first kappa shape index (κ1) is 14.4. The van der Waals surface area contributed by atoms with Gasteiger partial charge < -0.3 is 14.8 Å². The molecular formula is C8H5F6NO3. The van der Waals surface area contributed by atoms with Crippen LogP contribution in [0.4, 0.5) is 26.3 Å². The molecule has 0 saturated carbocycles. The van der Waals surface area contributed by atoms with Crippen LogP contribution in [0, 0.1) is 0 Å². The van der Waals surface area contributed by atoms with Crippen LogP contribution in [0.15, 0.2) is 10.9 Å². The molecule has 18 heavy (non-hydrogen) atoms. The average Bonchev–Trinajstić information content (AvgIpc) is 2.13. The molecule has 0 bridgehead atoms. The fourth-order valence-corrected chi connectivity index (χ4v) is 1.08. The monoisotopic (exact) mass is 277 g/mol. The topological polar surface area (TPSA) is 62.3 Å². The highest BCUT2D eigenvalue weighted by Crippen LogP contribution is 2.32. The molecule has 0 saturated heterocycles. The third-order valence-electron chi connectivity index (χ3n) is 1.78. The van der Waals surface area contributed by atoms with E-state index in [4.69, 9.17) is 5.11 Å². The van der Waals surface area contributed by atoms with E-state index in [1.807, 2.05) is 0 Å². The van der Waals surface area contributed by atoms with Crippen LogP contribution in [-0.2, 0) is 12.8 Å². The van der Waals surface area contributed by atoms with Crippen molar-refractivity contribution in [2.75, 3.05) is 0 Å². The number of aliphatic hydroxyl groups is 1. The fraction of sp³-hybridized carbons (Fsp3) is 0.375. The van der Waals surface area contributed by atoms with Crippen molar-refractivity contribution < 1.29 is 36.2 Å². The van der Waals surface area contributed by atoms with Gasteiger partial charge in [0.05, 0.1) is 12.2 Å². The maximum Gasteiger partial charge on any atom is 0.573 e. The summed E-state index contributed by atoms with van der Waals surface area (Å²) in [5, 5.41) is 8.64. The van der Waals surface area contributed by atoms with Crippen LogP contribution in [0.3, 0.4) is 0 Å². The number of halogens is 6. The second-order valence-electron chi connectivity index (χ2n) is 3.06. The number of aliphatic hydroxyl groups excluding tert-OH is 1. The number of alkyl halides is 6. The molecule has 0 aliphatic heterocycles. The average molecular weight is 277 g/mol. The quantitative estimate of drug-likeness (QED) is 0.810. The van der Waals surface area contributed by atoms with Crippen molar-refractivity contribution in [3.8, 4) is 5.75 Å². The van der Waals surface area contributed by atoms with Crippen molar-refractivity contribution in [1.82, 2.24) is 4.98 Å². The van der Waals surface area contributed by atoms with Crippen molar-refractivity contribution in [1.29, 1.82) is 0 Å². The summed E-state index contributed by atoms with van der Waals surface area (Å²) in [6.45, 7) is -1.20. The zero-order valence-electron chi connectivity index (χ0n) is 8.32. The first-order chi connectivity index (χ1) is 8.04. The normalized spacial score (nSPS) is 12.6. The Morgan fingerprint density at radius 3 is 2.17 bits per heavy atom. The minimum Gasteiger partial charge on any atom is -0.405 e. The van der Waals surface area contributed by atoms with Gasteiger partial charge in [0.25, 0.3) is 5.56 Å². The SMILES string of the molecule is O=c1[nH]c(C(F)(F)F)cc(OC(F)(F)F)c1CO. The first-order valence-electron chi connectivity index (χ1n) is 4.24. The predicted octanol–water partition coefficient (Wildman–Crippen LogP) is 1.78. The van der Waals surface area contributed by atoms with E-state index in [9.17, 15) is 31.1 Å². The zero-order chi connectivity index (χ0) is 14.1. The highest BCUT2D eigenvalue weighted by Gasteiger charge is 2.37. The Labute approximate surface area is 94.8 Å². The molecule has 0 unspecified atom stereocenters. The molecule has 0 fully saturated rings. The van der Waals surface area contributed by atoms with Crippen molar-refractivity contribution in [2.24, 2.45) is 0 Å². The van der Waals surface area contributed by atoms with Crippen LogP contribution in [-0.4, -0.2) is 16.5 Å². The van der Waals surface area contributed by atoms with Crippen LogP contribution >= 0.6 is 0 Å². The number of aromatic amines is 1. The molecule has 0 aliphatic carbocycles. The Balaban J connectivity index is 3.38. The van der Waals surface area contributed by atoms with Gasteiger partial charge in [-0.2, -0.15) is 13.2 Å². The summed E-state index contributed by atoms with van der Waals surface area (Å²) < 4.78 is 75.8. The fourth-order valence-electron chi connectivity index (χ4n) is 1.08. The number of rotatable bonds is 2. The summed E-state index contributed by atoms with van der Waals surface area (Å²) in [6.07, 6.45) is -10.3. The van der Waals surface area contributed by atoms with Crippen LogP contribution in [0.2, 0.25) is 0 Å². The summed E-state index contributed by atoms with van der Waals surface area (Å²) in [5.41, 5.74) is -4.16. The molecule has 1 aromatic heterocycles. The van der Waals surface area contributed by atoms with Crippen LogP contribution in [0.5, 0.6) is 5.75 Å². The molecule has 1 aromatic rings. The third kappa shape index (κ3) is 3.39. The summed E-state index contributed by atoms with van der Waals surface area (Å²) in [6, 6.07) is -0.0412. The second-order valence-corrected chi connectivity index (χ2v) is 3.06. The van der Waals surface area contributed by atoms with Gasteiger partial charge in [0.1, 0.15) is 11.4 Å². The standard InChI is InChI=1S/C8H5F6NO3/c9-7(10,11)5-1-4(18-8(12,13)14)3(2-16)6(17)15-5/h1,16H,2H2,(H,15,17). The molecule has 4 nitrogen and oxygen atoms in total. The molecule has 0 aromatic carbocycles. The highest BCUT2D eigenvalue weighted by atomic mass is 19.4. The van der Waals surface area contributed by atoms with E-state index in [1.54, 1.807) is 0 Å². The minimum absolute atomic E-state index is 0.0412. The first-order valence-corrected chi connectivity index (χ1v) is 4.24. The molecule has 2 N–H and O–H groups in total. The van der Waals surface area contributed by atoms with Gasteiger partial charge in [0, 0.05) is 6.07 Å². The lowest BCUT2D eigenvalue weighted by molar-refractivity contribution is -0.275. The van der Waals surface area contributed by atoms with Gasteiger partial charge in [-0.1, -0.05) is 0 Å². The molecular weight excluding hydrogens is 272 g/mol. The molecule has 0 atom stereocenters. The van der Waals surface area contributed by atoms with E-state index in [2.05, 4.69) is 4.74 Å². The maximum absolute atomic E-state index is 12.2. The van der Waals surface area contributed by atoms with Crippen molar-refractivity contribution in [3.63, 3.8) is 0 Å². The van der Waals surface area contributed by atoms with Crippen LogP contribution < -0.4 is 10.3 Å². The van der Waals surface area contributed by atoms with Gasteiger partial charge >= 0.3 is 12.5 Å². The molecule has 1 heterocycles. The predicted molar refractivity (Wildman–Crippen MR) is 44.7 cm³/mol. The van der Waals surface area contributed by atoms with E-state index in [1.165, 1.54) is 4.98 Å². The summed E-state index contributed by atoms with van der Waals surface area (Å²) in [5.74, 6) is -1.39. The van der Waals surface area contributed by atoms with Gasteiger partial charge in [-0.25, -0.2) is 0 Å². The van der Waals surface area contributed by atoms with Gasteiger partial charge in [-0.3, -0.25) is 4.79 Å². The Morgan fingerprint density at radius 2 is 1.78 bits per heavy atom. The van der Waals surface area contributed by atoms with Gasteiger partial charge in [0.2, 0.25) is 0 Å². The minimum atomic E-state index is -5.28. The number of ether oxygens (including phenoxy) is 1. The molecule has 0 aliphatic rings. The lowest BCUT2D eigenvalue weighted by Gasteiger charge is -2.14. The number of pyridine rings is 1. The summed E-state index contributed by atoms with van der Waals surface area (Å²) in [7, 11) is 0. The Bertz CT molecular complexity index is 489. The molecule has 0 spiro atoms. The summed E-state index contributed by atoms with van der Waals surface area (Å²) >= 11 is 0. The van der Waals surface area contributed by atoms with Crippen molar-refractivity contribution in [3.05, 3.63) is 27.7 Å². The molecule has 0 radical (unpaired) electrons. The highest BCUT2D eigenvalue weighted by molar-refractivity contribution is 5.33. The van der Waals surface area contributed by atoms with E-state index < -0.39 is 41.7 Å². The van der Waals surface area contributed by atoms with Crippen molar-refractivity contribution in [2.45, 2.75) is 19.1 Å². The van der Waals surface area contributed by atoms with Gasteiger partial charge in [0.15, 0.2) is 0 Å². The Kier molecular flexibility index (Phi) is 3.60. The number of nitrogens with one attached hydrogen (secondary N) is 1. The molecule has 102 valence electrons. The van der Waals surface area contributed by atoms with E-state index in [-0.39, 0.29) is 6.07 Å². The Hall–Kier alpha value is -1.71. The molecule has 1 rings (SSSR count). The number of H-pyrrole nitrogens is 1. The van der Waals surface area contributed by atoms with E-state index in [0.717, 1.165) is 0 Å². The summed E-state index contributed by atoms with van der Waals surface area (Å²) in [4.78, 5) is 12.4. The van der Waals surface area contributed by atoms with E-state index >= 15 is 0 Å². The van der Waals surface area contributed by atoms with Crippen LogP contribution in [0.1, 0.15) is 11.3 Å². The maximum atomic E-state index is 12.2. The smallest absolute Gasteiger partial charge is 0.405 e. The number of aromatic nitrogens is 1. The second kappa shape index (κ2) is 4.52. The van der Waals surface area contributed by atoms with Crippen molar-refractivity contribution >= 4 is 0 Å². The lowest BCUT2D eigenvalue weighted by atomic mass is 10.2. The Morgan fingerprint density at radius 1 is 1.22 bits per heavy atom. The lowest BCUT2D eigenvalue weighted by Crippen LogP contribution is -2.25. The van der Waals surface area contributed by atoms with Crippen LogP contribution in [0.25, 0.3) is 0 Å². The molecule has 0 amide bonds. The third-order valence-corrected chi connectivity index (χ3v) is 1.78. The van der Waals surface area contributed by atoms with E-state index in [0.29, 0.717) is 0 Å².